The zero-order valence-corrected chi connectivity index (χ0v) is 14.6. The number of carbonyl (C=O) groups excluding carboxylic acids is 2. The van der Waals surface area contributed by atoms with E-state index in [9.17, 15) is 9.59 Å². The van der Waals surface area contributed by atoms with Crippen molar-refractivity contribution in [3.63, 3.8) is 0 Å². The Hall–Kier alpha value is -3.02. The summed E-state index contributed by atoms with van der Waals surface area (Å²) < 4.78 is 10.4. The van der Waals surface area contributed by atoms with Crippen LogP contribution in [0, 0.1) is 0 Å². The predicted molar refractivity (Wildman–Crippen MR) is 96.3 cm³/mol. The van der Waals surface area contributed by atoms with Crippen LogP contribution < -0.4 is 20.1 Å². The number of rotatable bonds is 7. The summed E-state index contributed by atoms with van der Waals surface area (Å²) in [5, 5.41) is 5.43. The Balaban J connectivity index is 2.04. The highest BCUT2D eigenvalue weighted by Gasteiger charge is 2.13. The first-order valence-corrected chi connectivity index (χ1v) is 7.90. The van der Waals surface area contributed by atoms with E-state index in [1.54, 1.807) is 32.4 Å². The molecule has 25 heavy (non-hydrogen) atoms. The normalized spacial score (nSPS) is 10.0. The summed E-state index contributed by atoms with van der Waals surface area (Å²) in [5.41, 5.74) is 2.13. The molecule has 132 valence electrons. The van der Waals surface area contributed by atoms with Crippen molar-refractivity contribution in [3.05, 3.63) is 53.6 Å². The van der Waals surface area contributed by atoms with Crippen molar-refractivity contribution in [1.82, 2.24) is 5.32 Å². The minimum absolute atomic E-state index is 0.00369. The second-order valence-corrected chi connectivity index (χ2v) is 5.39. The second-order valence-electron chi connectivity index (χ2n) is 5.39. The van der Waals surface area contributed by atoms with Gasteiger partial charge in [-0.15, -0.1) is 0 Å². The van der Waals surface area contributed by atoms with E-state index in [1.807, 2.05) is 24.3 Å². The van der Waals surface area contributed by atoms with Crippen molar-refractivity contribution in [3.8, 4) is 11.5 Å². The molecular formula is C19H22N2O4. The van der Waals surface area contributed by atoms with Gasteiger partial charge in [0.2, 0.25) is 5.91 Å². The zero-order valence-electron chi connectivity index (χ0n) is 14.6. The quantitative estimate of drug-likeness (QED) is 0.811. The minimum Gasteiger partial charge on any atom is -0.497 e. The molecule has 2 N–H and O–H groups in total. The largest absolute Gasteiger partial charge is 0.497 e. The lowest BCUT2D eigenvalue weighted by atomic mass is 10.1. The fourth-order valence-corrected chi connectivity index (χ4v) is 2.32. The lowest BCUT2D eigenvalue weighted by Gasteiger charge is -2.11. The number of methoxy groups -OCH3 is 2. The van der Waals surface area contributed by atoms with Gasteiger partial charge in [0.05, 0.1) is 19.8 Å². The molecule has 0 radical (unpaired) electrons. The van der Waals surface area contributed by atoms with Crippen molar-refractivity contribution >= 4 is 17.5 Å². The van der Waals surface area contributed by atoms with Crippen molar-refractivity contribution in [2.24, 2.45) is 0 Å². The van der Waals surface area contributed by atoms with Crippen LogP contribution in [-0.2, 0) is 11.2 Å². The zero-order chi connectivity index (χ0) is 18.2. The van der Waals surface area contributed by atoms with Crippen LogP contribution >= 0.6 is 0 Å². The van der Waals surface area contributed by atoms with Gasteiger partial charge in [0.25, 0.3) is 5.91 Å². The molecule has 0 heterocycles. The van der Waals surface area contributed by atoms with Gasteiger partial charge in [-0.3, -0.25) is 9.59 Å². The molecule has 0 aliphatic rings. The maximum atomic E-state index is 12.4. The van der Waals surface area contributed by atoms with Gasteiger partial charge < -0.3 is 20.1 Å². The number of anilines is 1. The molecule has 0 aliphatic heterocycles. The third kappa shape index (κ3) is 4.97. The molecule has 6 nitrogen and oxygen atoms in total. The number of carbonyl (C=O) groups is 2. The first-order valence-electron chi connectivity index (χ1n) is 7.90. The highest BCUT2D eigenvalue weighted by atomic mass is 16.5. The maximum absolute atomic E-state index is 12.4. The number of aryl methyl sites for hydroxylation is 1. The van der Waals surface area contributed by atoms with E-state index in [1.165, 1.54) is 7.11 Å². The van der Waals surface area contributed by atoms with E-state index < -0.39 is 0 Å². The fourth-order valence-electron chi connectivity index (χ4n) is 2.32. The number of hydrogen-bond acceptors (Lipinski definition) is 4. The van der Waals surface area contributed by atoms with Crippen molar-refractivity contribution in [1.29, 1.82) is 0 Å². The minimum atomic E-state index is -0.266. The van der Waals surface area contributed by atoms with Crippen LogP contribution in [0.4, 0.5) is 5.69 Å². The number of hydrogen-bond donors (Lipinski definition) is 2. The van der Waals surface area contributed by atoms with Gasteiger partial charge in [-0.25, -0.2) is 0 Å². The van der Waals surface area contributed by atoms with Gasteiger partial charge in [0.1, 0.15) is 11.5 Å². The topological polar surface area (TPSA) is 76.7 Å². The molecule has 6 heteroatoms. The van der Waals surface area contributed by atoms with E-state index in [0.29, 0.717) is 35.6 Å². The van der Waals surface area contributed by atoms with E-state index in [-0.39, 0.29) is 11.8 Å². The standard InChI is InChI=1S/C19H22N2O4/c1-20-18(22)11-6-13-4-7-14(8-5-13)21-19(23)16-10-9-15(24-2)12-17(16)25-3/h4-5,7-10,12H,6,11H2,1-3H3,(H,20,22)(H,21,23). The Labute approximate surface area is 147 Å². The summed E-state index contributed by atoms with van der Waals surface area (Å²) in [5.74, 6) is 0.800. The van der Waals surface area contributed by atoms with Gasteiger partial charge in [-0.1, -0.05) is 12.1 Å². The number of ether oxygens (including phenoxy) is 2. The summed E-state index contributed by atoms with van der Waals surface area (Å²) in [6.07, 6.45) is 1.09. The lowest BCUT2D eigenvalue weighted by Crippen LogP contribution is -2.17. The molecule has 0 atom stereocenters. The van der Waals surface area contributed by atoms with E-state index >= 15 is 0 Å². The number of nitrogens with one attached hydrogen (secondary N) is 2. The van der Waals surface area contributed by atoms with Crippen LogP contribution in [0.25, 0.3) is 0 Å². The number of amides is 2. The maximum Gasteiger partial charge on any atom is 0.259 e. The molecule has 0 saturated heterocycles. The predicted octanol–water partition coefficient (Wildman–Crippen LogP) is 2.63. The molecule has 0 fully saturated rings. The summed E-state index contributed by atoms with van der Waals surface area (Å²) in [7, 11) is 4.68. The summed E-state index contributed by atoms with van der Waals surface area (Å²) in [4.78, 5) is 23.7. The van der Waals surface area contributed by atoms with Gasteiger partial charge in [-0.05, 0) is 36.2 Å². The number of benzene rings is 2. The average molecular weight is 342 g/mol. The molecule has 0 aromatic heterocycles. The van der Waals surface area contributed by atoms with Crippen LogP contribution in [0.5, 0.6) is 11.5 Å². The molecular weight excluding hydrogens is 320 g/mol. The summed E-state index contributed by atoms with van der Waals surface area (Å²) >= 11 is 0. The first-order chi connectivity index (χ1) is 12.1. The monoisotopic (exact) mass is 342 g/mol. The highest BCUT2D eigenvalue weighted by Crippen LogP contribution is 2.25. The Morgan fingerprint density at radius 1 is 1.00 bits per heavy atom. The van der Waals surface area contributed by atoms with E-state index in [0.717, 1.165) is 5.56 Å². The Kier molecular flexibility index (Phi) is 6.39. The van der Waals surface area contributed by atoms with Gasteiger partial charge in [0.15, 0.2) is 0 Å². The van der Waals surface area contributed by atoms with Crippen LogP contribution in [0.2, 0.25) is 0 Å². The molecule has 0 spiro atoms. The smallest absolute Gasteiger partial charge is 0.259 e. The van der Waals surface area contributed by atoms with Gasteiger partial charge >= 0.3 is 0 Å². The fraction of sp³-hybridized carbons (Fsp3) is 0.263. The molecule has 2 aromatic carbocycles. The van der Waals surface area contributed by atoms with Crippen LogP contribution in [0.3, 0.4) is 0 Å². The summed E-state index contributed by atoms with van der Waals surface area (Å²) in [6.45, 7) is 0. The van der Waals surface area contributed by atoms with Crippen molar-refractivity contribution < 1.29 is 19.1 Å². The lowest BCUT2D eigenvalue weighted by molar-refractivity contribution is -0.120. The van der Waals surface area contributed by atoms with Crippen LogP contribution in [0.15, 0.2) is 42.5 Å². The molecule has 2 aromatic rings. The molecule has 2 amide bonds. The molecule has 0 unspecified atom stereocenters. The Morgan fingerprint density at radius 3 is 2.32 bits per heavy atom. The molecule has 0 bridgehead atoms. The Morgan fingerprint density at radius 2 is 1.72 bits per heavy atom. The van der Waals surface area contributed by atoms with Crippen LogP contribution in [0.1, 0.15) is 22.3 Å². The van der Waals surface area contributed by atoms with Crippen LogP contribution in [-0.4, -0.2) is 33.1 Å². The average Bonchev–Trinajstić information content (AvgIpc) is 2.66. The Bertz CT molecular complexity index is 742. The van der Waals surface area contributed by atoms with Gasteiger partial charge in [0, 0.05) is 25.2 Å². The van der Waals surface area contributed by atoms with Crippen molar-refractivity contribution in [2.75, 3.05) is 26.6 Å². The molecule has 0 aliphatic carbocycles. The molecule has 2 rings (SSSR count). The first kappa shape index (κ1) is 18.3. The third-order valence-electron chi connectivity index (χ3n) is 3.78. The van der Waals surface area contributed by atoms with Crippen molar-refractivity contribution in [2.45, 2.75) is 12.8 Å². The third-order valence-corrected chi connectivity index (χ3v) is 3.78. The second kappa shape index (κ2) is 8.73. The SMILES string of the molecule is CNC(=O)CCc1ccc(NC(=O)c2ccc(OC)cc2OC)cc1. The van der Waals surface area contributed by atoms with Gasteiger partial charge in [-0.2, -0.15) is 0 Å². The van der Waals surface area contributed by atoms with E-state index in [4.69, 9.17) is 9.47 Å². The molecule has 0 saturated carbocycles. The summed E-state index contributed by atoms with van der Waals surface area (Å²) in [6, 6.07) is 12.4. The van der Waals surface area contributed by atoms with E-state index in [2.05, 4.69) is 10.6 Å². The highest BCUT2D eigenvalue weighted by molar-refractivity contribution is 6.06.